The highest BCUT2D eigenvalue weighted by atomic mass is 32.2. The van der Waals surface area contributed by atoms with E-state index in [1.807, 2.05) is 11.8 Å². The molecule has 0 bridgehead atoms. The van der Waals surface area contributed by atoms with Crippen LogP contribution in [-0.4, -0.2) is 17.5 Å². The van der Waals surface area contributed by atoms with E-state index >= 15 is 0 Å². The number of thioether (sulfide) groups is 1. The first-order chi connectivity index (χ1) is 6.75. The van der Waals surface area contributed by atoms with Gasteiger partial charge in [-0.15, -0.1) is 0 Å². The van der Waals surface area contributed by atoms with Gasteiger partial charge in [-0.05, 0) is 17.7 Å². The molecular formula is C10H11F2NS. The fourth-order valence-corrected chi connectivity index (χ4v) is 1.97. The SMILES string of the molecule is Fc1ccc(CNC2CSC2)cc1F. The van der Waals surface area contributed by atoms with Gasteiger partial charge >= 0.3 is 0 Å². The third kappa shape index (κ3) is 2.25. The summed E-state index contributed by atoms with van der Waals surface area (Å²) in [6.07, 6.45) is 0. The minimum atomic E-state index is -0.784. The molecule has 2 rings (SSSR count). The average molecular weight is 215 g/mol. The molecule has 1 N–H and O–H groups in total. The molecule has 14 heavy (non-hydrogen) atoms. The van der Waals surface area contributed by atoms with Crippen molar-refractivity contribution in [2.45, 2.75) is 12.6 Å². The van der Waals surface area contributed by atoms with Gasteiger partial charge in [0.1, 0.15) is 0 Å². The summed E-state index contributed by atoms with van der Waals surface area (Å²) in [5.41, 5.74) is 0.792. The number of rotatable bonds is 3. The molecule has 0 aromatic heterocycles. The monoisotopic (exact) mass is 215 g/mol. The smallest absolute Gasteiger partial charge is 0.159 e. The van der Waals surface area contributed by atoms with Crippen molar-refractivity contribution in [2.24, 2.45) is 0 Å². The first-order valence-electron chi connectivity index (χ1n) is 4.51. The van der Waals surface area contributed by atoms with Crippen molar-refractivity contribution in [3.8, 4) is 0 Å². The Morgan fingerprint density at radius 1 is 1.29 bits per heavy atom. The molecular weight excluding hydrogens is 204 g/mol. The molecule has 76 valence electrons. The maximum atomic E-state index is 12.8. The van der Waals surface area contributed by atoms with Gasteiger partial charge in [0.15, 0.2) is 11.6 Å². The molecule has 4 heteroatoms. The molecule has 0 spiro atoms. The first kappa shape index (κ1) is 9.93. The quantitative estimate of drug-likeness (QED) is 0.829. The van der Waals surface area contributed by atoms with E-state index in [0.29, 0.717) is 12.6 Å². The van der Waals surface area contributed by atoms with Gasteiger partial charge in [0, 0.05) is 24.1 Å². The number of benzene rings is 1. The van der Waals surface area contributed by atoms with Crippen LogP contribution in [0.3, 0.4) is 0 Å². The summed E-state index contributed by atoms with van der Waals surface area (Å²) < 4.78 is 25.4. The van der Waals surface area contributed by atoms with Crippen LogP contribution >= 0.6 is 11.8 Å². The van der Waals surface area contributed by atoms with Crippen LogP contribution in [0.5, 0.6) is 0 Å². The molecule has 1 fully saturated rings. The van der Waals surface area contributed by atoms with Crippen LogP contribution in [0.15, 0.2) is 18.2 Å². The van der Waals surface area contributed by atoms with Crippen molar-refractivity contribution < 1.29 is 8.78 Å². The van der Waals surface area contributed by atoms with E-state index in [-0.39, 0.29) is 0 Å². The van der Waals surface area contributed by atoms with Crippen LogP contribution < -0.4 is 5.32 Å². The predicted molar refractivity (Wildman–Crippen MR) is 54.3 cm³/mol. The lowest BCUT2D eigenvalue weighted by Gasteiger charge is -2.26. The highest BCUT2D eigenvalue weighted by molar-refractivity contribution is 8.00. The topological polar surface area (TPSA) is 12.0 Å². The normalized spacial score (nSPS) is 16.7. The van der Waals surface area contributed by atoms with E-state index in [1.165, 1.54) is 12.1 Å². The maximum Gasteiger partial charge on any atom is 0.159 e. The van der Waals surface area contributed by atoms with E-state index in [2.05, 4.69) is 5.32 Å². The second-order valence-electron chi connectivity index (χ2n) is 3.36. The Morgan fingerprint density at radius 2 is 2.07 bits per heavy atom. The van der Waals surface area contributed by atoms with Crippen LogP contribution in [-0.2, 0) is 6.54 Å². The molecule has 0 radical (unpaired) electrons. The largest absolute Gasteiger partial charge is 0.308 e. The van der Waals surface area contributed by atoms with Crippen molar-refractivity contribution in [2.75, 3.05) is 11.5 Å². The zero-order valence-corrected chi connectivity index (χ0v) is 8.41. The van der Waals surface area contributed by atoms with Crippen molar-refractivity contribution >= 4 is 11.8 Å². The molecule has 0 atom stereocenters. The summed E-state index contributed by atoms with van der Waals surface area (Å²) in [4.78, 5) is 0. The van der Waals surface area contributed by atoms with Gasteiger partial charge in [-0.3, -0.25) is 0 Å². The molecule has 1 nitrogen and oxygen atoms in total. The lowest BCUT2D eigenvalue weighted by molar-refractivity contribution is 0.504. The minimum absolute atomic E-state index is 0.535. The van der Waals surface area contributed by atoms with Crippen LogP contribution in [0.25, 0.3) is 0 Å². The van der Waals surface area contributed by atoms with Gasteiger partial charge in [0.2, 0.25) is 0 Å². The summed E-state index contributed by atoms with van der Waals surface area (Å²) >= 11 is 1.89. The molecule has 1 aromatic rings. The summed E-state index contributed by atoms with van der Waals surface area (Å²) in [6.45, 7) is 0.614. The highest BCUT2D eigenvalue weighted by Crippen LogP contribution is 2.18. The summed E-state index contributed by atoms with van der Waals surface area (Å²) in [5, 5.41) is 3.27. The fraction of sp³-hybridized carbons (Fsp3) is 0.400. The third-order valence-corrected chi connectivity index (χ3v) is 3.49. The molecule has 0 amide bonds. The molecule has 1 aliphatic heterocycles. The van der Waals surface area contributed by atoms with Gasteiger partial charge < -0.3 is 5.32 Å². The number of hydrogen-bond donors (Lipinski definition) is 1. The molecule has 1 saturated heterocycles. The lowest BCUT2D eigenvalue weighted by Crippen LogP contribution is -2.39. The molecule has 0 unspecified atom stereocenters. The number of nitrogens with one attached hydrogen (secondary N) is 1. The lowest BCUT2D eigenvalue weighted by atomic mass is 10.2. The molecule has 0 aliphatic carbocycles. The predicted octanol–water partition coefficient (Wildman–Crippen LogP) is 2.17. The molecule has 1 aromatic carbocycles. The van der Waals surface area contributed by atoms with Crippen molar-refractivity contribution in [1.82, 2.24) is 5.32 Å². The first-order valence-corrected chi connectivity index (χ1v) is 5.66. The second-order valence-corrected chi connectivity index (χ2v) is 4.44. The summed E-state index contributed by atoms with van der Waals surface area (Å²) in [5.74, 6) is 0.674. The Balaban J connectivity index is 1.91. The van der Waals surface area contributed by atoms with Crippen LogP contribution in [0.1, 0.15) is 5.56 Å². The van der Waals surface area contributed by atoms with Gasteiger partial charge in [-0.2, -0.15) is 11.8 Å². The molecule has 1 heterocycles. The number of hydrogen-bond acceptors (Lipinski definition) is 2. The van der Waals surface area contributed by atoms with Gasteiger partial charge in [0.25, 0.3) is 0 Å². The Morgan fingerprint density at radius 3 is 2.64 bits per heavy atom. The Hall–Kier alpha value is -0.610. The van der Waals surface area contributed by atoms with Crippen molar-refractivity contribution in [3.63, 3.8) is 0 Å². The molecule has 0 saturated carbocycles. The minimum Gasteiger partial charge on any atom is -0.308 e. The summed E-state index contributed by atoms with van der Waals surface area (Å²) in [6, 6.07) is 4.56. The van der Waals surface area contributed by atoms with Gasteiger partial charge in [-0.25, -0.2) is 8.78 Å². The zero-order valence-electron chi connectivity index (χ0n) is 7.59. The van der Waals surface area contributed by atoms with E-state index < -0.39 is 11.6 Å². The summed E-state index contributed by atoms with van der Waals surface area (Å²) in [7, 11) is 0. The average Bonchev–Trinajstić information content (AvgIpc) is 2.08. The Kier molecular flexibility index (Phi) is 3.03. The zero-order chi connectivity index (χ0) is 9.97. The Labute approximate surface area is 85.9 Å². The second kappa shape index (κ2) is 4.28. The number of halogens is 2. The van der Waals surface area contributed by atoms with Crippen LogP contribution in [0.2, 0.25) is 0 Å². The van der Waals surface area contributed by atoms with Crippen LogP contribution in [0.4, 0.5) is 8.78 Å². The van der Waals surface area contributed by atoms with Gasteiger partial charge in [0.05, 0.1) is 0 Å². The fourth-order valence-electron chi connectivity index (χ4n) is 1.27. The van der Waals surface area contributed by atoms with E-state index in [0.717, 1.165) is 17.1 Å². The van der Waals surface area contributed by atoms with Gasteiger partial charge in [-0.1, -0.05) is 6.07 Å². The van der Waals surface area contributed by atoms with Crippen molar-refractivity contribution in [3.05, 3.63) is 35.4 Å². The maximum absolute atomic E-state index is 12.8. The molecule has 1 aliphatic rings. The van der Waals surface area contributed by atoms with E-state index in [1.54, 1.807) is 6.07 Å². The highest BCUT2D eigenvalue weighted by Gasteiger charge is 2.16. The van der Waals surface area contributed by atoms with Crippen LogP contribution in [0, 0.1) is 11.6 Å². The van der Waals surface area contributed by atoms with Crippen molar-refractivity contribution in [1.29, 1.82) is 0 Å². The third-order valence-electron chi connectivity index (χ3n) is 2.22. The Bertz CT molecular complexity index is 326. The van der Waals surface area contributed by atoms with E-state index in [9.17, 15) is 8.78 Å². The standard InChI is InChI=1S/C10H11F2NS/c11-9-2-1-7(3-10(9)12)4-13-8-5-14-6-8/h1-3,8,13H,4-6H2. The van der Waals surface area contributed by atoms with E-state index in [4.69, 9.17) is 0 Å².